The number of carbonyl (C=O) groups is 1. The third-order valence-corrected chi connectivity index (χ3v) is 4.97. The van der Waals surface area contributed by atoms with Crippen molar-refractivity contribution in [1.82, 2.24) is 10.2 Å². The third-order valence-electron chi connectivity index (χ3n) is 3.74. The molecule has 1 heterocycles. The maximum atomic E-state index is 12.2. The van der Waals surface area contributed by atoms with E-state index in [1.54, 1.807) is 54.6 Å². The summed E-state index contributed by atoms with van der Waals surface area (Å²) in [6.45, 7) is 0. The molecule has 8 heteroatoms. The highest BCUT2D eigenvalue weighted by Crippen LogP contribution is 2.21. The second-order valence-corrected chi connectivity index (χ2v) is 8.36. The number of hydrogen-bond donors (Lipinski definition) is 1. The molecule has 0 aliphatic heterocycles. The van der Waals surface area contributed by atoms with Crippen molar-refractivity contribution >= 4 is 33.0 Å². The molecular weight excluding hydrogens is 386 g/mol. The number of rotatable bonds is 5. The largest absolute Gasteiger partial charge is 0.326 e. The molecule has 0 bridgehead atoms. The van der Waals surface area contributed by atoms with Crippen molar-refractivity contribution in [2.45, 2.75) is 11.4 Å². The van der Waals surface area contributed by atoms with Crippen LogP contribution in [0.25, 0.3) is 11.3 Å². The van der Waals surface area contributed by atoms with Crippen LogP contribution in [-0.4, -0.2) is 30.8 Å². The molecule has 0 radical (unpaired) electrons. The van der Waals surface area contributed by atoms with Crippen molar-refractivity contribution in [3.05, 3.63) is 71.2 Å². The summed E-state index contributed by atoms with van der Waals surface area (Å²) in [5, 5.41) is 11.1. The molecule has 0 saturated heterocycles. The van der Waals surface area contributed by atoms with Gasteiger partial charge in [0, 0.05) is 22.5 Å². The van der Waals surface area contributed by atoms with Crippen LogP contribution in [0.15, 0.2) is 65.7 Å². The van der Waals surface area contributed by atoms with E-state index in [1.807, 2.05) is 0 Å². The van der Waals surface area contributed by atoms with E-state index >= 15 is 0 Å². The minimum Gasteiger partial charge on any atom is -0.326 e. The Bertz CT molecular complexity index is 1070. The standard InChI is InChI=1S/C19H16ClN3O3S/c1-27(25,26)19-10-9-17(22-23-19)14-3-2-4-16(12-14)21-18(24)11-13-5-7-15(20)8-6-13/h2-10,12H,11H2,1H3,(H,21,24). The number of aromatic nitrogens is 2. The average Bonchev–Trinajstić information content (AvgIpc) is 2.63. The Morgan fingerprint density at radius 3 is 2.41 bits per heavy atom. The lowest BCUT2D eigenvalue weighted by Gasteiger charge is -2.08. The SMILES string of the molecule is CS(=O)(=O)c1ccc(-c2cccc(NC(=O)Cc3ccc(Cl)cc3)c2)nn1. The van der Waals surface area contributed by atoms with Gasteiger partial charge in [-0.25, -0.2) is 8.42 Å². The zero-order valence-corrected chi connectivity index (χ0v) is 16.0. The minimum atomic E-state index is -3.40. The number of nitrogens with one attached hydrogen (secondary N) is 1. The van der Waals surface area contributed by atoms with E-state index in [0.717, 1.165) is 11.8 Å². The van der Waals surface area contributed by atoms with Crippen molar-refractivity contribution in [3.8, 4) is 11.3 Å². The fraction of sp³-hybridized carbons (Fsp3) is 0.105. The van der Waals surface area contributed by atoms with Crippen LogP contribution in [0, 0.1) is 0 Å². The van der Waals surface area contributed by atoms with Gasteiger partial charge in [0.1, 0.15) is 0 Å². The molecule has 6 nitrogen and oxygen atoms in total. The van der Waals surface area contributed by atoms with Crippen LogP contribution in [0.2, 0.25) is 5.02 Å². The first kappa shape index (κ1) is 19.0. The van der Waals surface area contributed by atoms with Gasteiger partial charge in [0.2, 0.25) is 5.91 Å². The topological polar surface area (TPSA) is 89.0 Å². The summed E-state index contributed by atoms with van der Waals surface area (Å²) >= 11 is 5.84. The number of sulfone groups is 1. The highest BCUT2D eigenvalue weighted by molar-refractivity contribution is 7.90. The molecule has 1 aromatic heterocycles. The Kier molecular flexibility index (Phi) is 5.53. The molecule has 0 spiro atoms. The first-order valence-corrected chi connectivity index (χ1v) is 10.3. The van der Waals surface area contributed by atoms with E-state index in [-0.39, 0.29) is 17.4 Å². The number of carbonyl (C=O) groups excluding carboxylic acids is 1. The van der Waals surface area contributed by atoms with Crippen molar-refractivity contribution in [2.24, 2.45) is 0 Å². The van der Waals surface area contributed by atoms with Crippen molar-refractivity contribution in [3.63, 3.8) is 0 Å². The summed E-state index contributed by atoms with van der Waals surface area (Å²) in [5.74, 6) is -0.159. The molecule has 0 saturated carbocycles. The fourth-order valence-electron chi connectivity index (χ4n) is 2.42. The van der Waals surface area contributed by atoms with E-state index in [0.29, 0.717) is 22.0 Å². The average molecular weight is 402 g/mol. The lowest BCUT2D eigenvalue weighted by molar-refractivity contribution is -0.115. The van der Waals surface area contributed by atoms with Crippen LogP contribution in [0.5, 0.6) is 0 Å². The normalized spacial score (nSPS) is 11.2. The monoisotopic (exact) mass is 401 g/mol. The van der Waals surface area contributed by atoms with E-state index in [4.69, 9.17) is 11.6 Å². The van der Waals surface area contributed by atoms with Gasteiger partial charge in [-0.05, 0) is 42.0 Å². The second kappa shape index (κ2) is 7.85. The molecule has 0 fully saturated rings. The lowest BCUT2D eigenvalue weighted by atomic mass is 10.1. The minimum absolute atomic E-state index is 0.0846. The Morgan fingerprint density at radius 2 is 1.78 bits per heavy atom. The molecule has 138 valence electrons. The van der Waals surface area contributed by atoms with Gasteiger partial charge in [0.05, 0.1) is 12.1 Å². The maximum Gasteiger partial charge on any atom is 0.228 e. The number of halogens is 1. The summed E-state index contributed by atoms with van der Waals surface area (Å²) in [7, 11) is -3.40. The van der Waals surface area contributed by atoms with Gasteiger partial charge >= 0.3 is 0 Å². The molecule has 1 amide bonds. The van der Waals surface area contributed by atoms with E-state index in [1.165, 1.54) is 6.07 Å². The van der Waals surface area contributed by atoms with Gasteiger partial charge in [-0.1, -0.05) is 35.9 Å². The summed E-state index contributed by atoms with van der Waals surface area (Å²) in [4.78, 5) is 12.2. The molecular formula is C19H16ClN3O3S. The Morgan fingerprint density at radius 1 is 1.04 bits per heavy atom. The zero-order valence-electron chi connectivity index (χ0n) is 14.4. The molecule has 2 aromatic carbocycles. The van der Waals surface area contributed by atoms with E-state index < -0.39 is 9.84 Å². The van der Waals surface area contributed by atoms with Gasteiger partial charge in [-0.2, -0.15) is 0 Å². The maximum absolute atomic E-state index is 12.2. The van der Waals surface area contributed by atoms with Crippen LogP contribution >= 0.6 is 11.6 Å². The Balaban J connectivity index is 1.73. The van der Waals surface area contributed by atoms with E-state index in [2.05, 4.69) is 15.5 Å². The van der Waals surface area contributed by atoms with Crippen LogP contribution in [-0.2, 0) is 21.1 Å². The van der Waals surface area contributed by atoms with Crippen LogP contribution in [0.4, 0.5) is 5.69 Å². The zero-order chi connectivity index (χ0) is 19.4. The Labute approximate surface area is 162 Å². The van der Waals surface area contributed by atoms with Crippen molar-refractivity contribution in [1.29, 1.82) is 0 Å². The fourth-order valence-corrected chi connectivity index (χ4v) is 3.05. The van der Waals surface area contributed by atoms with Crippen LogP contribution < -0.4 is 5.32 Å². The third kappa shape index (κ3) is 5.12. The van der Waals surface area contributed by atoms with Gasteiger partial charge in [-0.3, -0.25) is 4.79 Å². The van der Waals surface area contributed by atoms with Gasteiger partial charge in [0.25, 0.3) is 0 Å². The molecule has 0 unspecified atom stereocenters. The molecule has 1 N–H and O–H groups in total. The molecule has 3 rings (SSSR count). The summed E-state index contributed by atoms with van der Waals surface area (Å²) in [6, 6.07) is 17.2. The van der Waals surface area contributed by atoms with Crippen LogP contribution in [0.1, 0.15) is 5.56 Å². The van der Waals surface area contributed by atoms with E-state index in [9.17, 15) is 13.2 Å². The van der Waals surface area contributed by atoms with Crippen LogP contribution in [0.3, 0.4) is 0 Å². The second-order valence-electron chi connectivity index (χ2n) is 5.96. The Hall–Kier alpha value is -2.77. The number of anilines is 1. The number of benzene rings is 2. The number of hydrogen-bond acceptors (Lipinski definition) is 5. The molecule has 0 aliphatic carbocycles. The molecule has 0 atom stereocenters. The van der Waals surface area contributed by atoms with Crippen molar-refractivity contribution < 1.29 is 13.2 Å². The molecule has 27 heavy (non-hydrogen) atoms. The van der Waals surface area contributed by atoms with Gasteiger partial charge in [0.15, 0.2) is 14.9 Å². The number of nitrogens with zero attached hydrogens (tertiary/aromatic N) is 2. The summed E-state index contributed by atoms with van der Waals surface area (Å²) < 4.78 is 22.9. The van der Waals surface area contributed by atoms with Crippen molar-refractivity contribution in [2.75, 3.05) is 11.6 Å². The van der Waals surface area contributed by atoms with Gasteiger partial charge < -0.3 is 5.32 Å². The first-order valence-electron chi connectivity index (χ1n) is 8.00. The number of amides is 1. The summed E-state index contributed by atoms with van der Waals surface area (Å²) in [6.07, 6.45) is 1.30. The smallest absolute Gasteiger partial charge is 0.228 e. The highest BCUT2D eigenvalue weighted by atomic mass is 35.5. The highest BCUT2D eigenvalue weighted by Gasteiger charge is 2.11. The molecule has 3 aromatic rings. The van der Waals surface area contributed by atoms with Gasteiger partial charge in [-0.15, -0.1) is 10.2 Å². The quantitative estimate of drug-likeness (QED) is 0.707. The predicted octanol–water partition coefficient (Wildman–Crippen LogP) is 3.38. The lowest BCUT2D eigenvalue weighted by Crippen LogP contribution is -2.14. The molecule has 0 aliphatic rings. The first-order chi connectivity index (χ1) is 12.8. The summed E-state index contributed by atoms with van der Waals surface area (Å²) in [5.41, 5.74) is 2.69. The predicted molar refractivity (Wildman–Crippen MR) is 104 cm³/mol.